The molecule has 5 nitrogen and oxygen atoms in total. The van der Waals surface area contributed by atoms with Crippen LogP contribution in [0.2, 0.25) is 0 Å². The molecule has 1 atom stereocenters. The van der Waals surface area contributed by atoms with Crippen LogP contribution in [0.15, 0.2) is 12.4 Å². The average molecular weight is 317 g/mol. The number of imidazole rings is 1. The molecule has 1 aromatic rings. The highest BCUT2D eigenvalue weighted by Crippen LogP contribution is 2.61. The minimum atomic E-state index is -0.740. The quantitative estimate of drug-likeness (QED) is 0.874. The molecule has 1 aromatic heterocycles. The van der Waals surface area contributed by atoms with Crippen LogP contribution in [0.25, 0.3) is 0 Å². The van der Waals surface area contributed by atoms with Gasteiger partial charge in [0.25, 0.3) is 0 Å². The molecule has 0 radical (unpaired) electrons. The van der Waals surface area contributed by atoms with E-state index in [2.05, 4.69) is 10.3 Å². The number of hydrogen-bond donors (Lipinski definition) is 2. The van der Waals surface area contributed by atoms with E-state index in [0.717, 1.165) is 17.8 Å². The number of carbonyl (C=O) groups is 1. The minimum absolute atomic E-state index is 0.0974. The molecule has 126 valence electrons. The summed E-state index contributed by atoms with van der Waals surface area (Å²) >= 11 is 0. The van der Waals surface area contributed by atoms with Gasteiger partial charge in [-0.2, -0.15) is 0 Å². The van der Waals surface area contributed by atoms with Crippen LogP contribution in [0.1, 0.15) is 56.9 Å². The third kappa shape index (κ3) is 2.91. The second kappa shape index (κ2) is 5.62. The van der Waals surface area contributed by atoms with Crippen LogP contribution < -0.4 is 5.32 Å². The minimum Gasteiger partial charge on any atom is -0.383 e. The maximum absolute atomic E-state index is 12.4. The standard InChI is InChI=1S/C18H27N3O2/c1-21-3-2-19-17(21)15(22)11-20-16(23)10-18-7-12-4-13(8-18)6-14(5-12)9-18/h2-3,12-15,22H,4-11H2,1H3,(H,20,23)/t12?,13?,14?,15-,18?/m1/s1. The van der Waals surface area contributed by atoms with E-state index in [1.807, 2.05) is 7.05 Å². The van der Waals surface area contributed by atoms with Gasteiger partial charge in [0, 0.05) is 25.9 Å². The first-order valence-corrected chi connectivity index (χ1v) is 8.95. The van der Waals surface area contributed by atoms with Crippen molar-refractivity contribution in [3.05, 3.63) is 18.2 Å². The Balaban J connectivity index is 1.33. The normalized spacial score (nSPS) is 36.2. The molecular weight excluding hydrogens is 290 g/mol. The van der Waals surface area contributed by atoms with Crippen molar-refractivity contribution in [3.8, 4) is 0 Å². The van der Waals surface area contributed by atoms with Crippen LogP contribution in [0, 0.1) is 23.2 Å². The number of aliphatic hydroxyl groups is 1. The van der Waals surface area contributed by atoms with Crippen molar-refractivity contribution < 1.29 is 9.90 Å². The Morgan fingerprint density at radius 3 is 2.48 bits per heavy atom. The molecule has 0 saturated heterocycles. The summed E-state index contributed by atoms with van der Waals surface area (Å²) in [7, 11) is 1.85. The van der Waals surface area contributed by atoms with Crippen molar-refractivity contribution in [2.24, 2.45) is 30.2 Å². The van der Waals surface area contributed by atoms with Crippen molar-refractivity contribution in [2.45, 2.75) is 51.0 Å². The molecule has 0 spiro atoms. The van der Waals surface area contributed by atoms with E-state index in [1.54, 1.807) is 17.0 Å². The molecule has 4 aliphatic carbocycles. The average Bonchev–Trinajstić information content (AvgIpc) is 2.89. The molecule has 4 saturated carbocycles. The predicted molar refractivity (Wildman–Crippen MR) is 86.4 cm³/mol. The van der Waals surface area contributed by atoms with Gasteiger partial charge >= 0.3 is 0 Å². The molecule has 1 heterocycles. The van der Waals surface area contributed by atoms with Crippen LogP contribution in [-0.2, 0) is 11.8 Å². The van der Waals surface area contributed by atoms with Gasteiger partial charge in [0.1, 0.15) is 11.9 Å². The highest BCUT2D eigenvalue weighted by atomic mass is 16.3. The van der Waals surface area contributed by atoms with Gasteiger partial charge in [-0.15, -0.1) is 0 Å². The van der Waals surface area contributed by atoms with Gasteiger partial charge in [-0.25, -0.2) is 4.98 Å². The fraction of sp³-hybridized carbons (Fsp3) is 0.778. The second-order valence-corrected chi connectivity index (χ2v) is 8.31. The van der Waals surface area contributed by atoms with Crippen molar-refractivity contribution in [1.29, 1.82) is 0 Å². The van der Waals surface area contributed by atoms with Gasteiger partial charge in [0.05, 0.1) is 6.54 Å². The zero-order chi connectivity index (χ0) is 16.0. The van der Waals surface area contributed by atoms with Crippen molar-refractivity contribution in [1.82, 2.24) is 14.9 Å². The van der Waals surface area contributed by atoms with Crippen LogP contribution in [0.3, 0.4) is 0 Å². The fourth-order valence-corrected chi connectivity index (χ4v) is 5.91. The Bertz CT molecular complexity index is 560. The number of aryl methyl sites for hydroxylation is 1. The molecule has 2 N–H and O–H groups in total. The van der Waals surface area contributed by atoms with Gasteiger partial charge in [-0.05, 0) is 61.7 Å². The molecule has 23 heavy (non-hydrogen) atoms. The van der Waals surface area contributed by atoms with Crippen LogP contribution in [-0.4, -0.2) is 27.1 Å². The molecule has 4 aliphatic rings. The summed E-state index contributed by atoms with van der Waals surface area (Å²) in [6, 6.07) is 0. The van der Waals surface area contributed by atoms with Gasteiger partial charge in [0.2, 0.25) is 5.91 Å². The first-order valence-electron chi connectivity index (χ1n) is 8.95. The number of amides is 1. The van der Waals surface area contributed by atoms with Crippen molar-refractivity contribution in [3.63, 3.8) is 0 Å². The lowest BCUT2D eigenvalue weighted by molar-refractivity contribution is -0.129. The maximum atomic E-state index is 12.4. The predicted octanol–water partition coefficient (Wildman–Crippen LogP) is 2.18. The first-order chi connectivity index (χ1) is 11.0. The SMILES string of the molecule is Cn1ccnc1[C@H](O)CNC(=O)CC12CC3CC(CC(C3)C1)C2. The molecule has 1 amide bonds. The summed E-state index contributed by atoms with van der Waals surface area (Å²) in [5.74, 6) is 3.30. The maximum Gasteiger partial charge on any atom is 0.220 e. The molecule has 0 unspecified atom stereocenters. The summed E-state index contributed by atoms with van der Waals surface area (Å²) < 4.78 is 1.79. The number of nitrogens with zero attached hydrogens (tertiary/aromatic N) is 2. The van der Waals surface area contributed by atoms with E-state index >= 15 is 0 Å². The summed E-state index contributed by atoms with van der Waals surface area (Å²) in [4.78, 5) is 16.6. The van der Waals surface area contributed by atoms with Gasteiger partial charge < -0.3 is 15.0 Å². The van der Waals surface area contributed by atoms with E-state index in [-0.39, 0.29) is 17.9 Å². The lowest BCUT2D eigenvalue weighted by atomic mass is 9.49. The Labute approximate surface area is 137 Å². The Kier molecular flexibility index (Phi) is 3.71. The summed E-state index contributed by atoms with van der Waals surface area (Å²) in [5, 5.41) is 13.1. The molecule has 5 rings (SSSR count). The van der Waals surface area contributed by atoms with Crippen LogP contribution in [0.5, 0.6) is 0 Å². The first kappa shape index (κ1) is 15.2. The van der Waals surface area contributed by atoms with Gasteiger partial charge in [0.15, 0.2) is 0 Å². The lowest BCUT2D eigenvalue weighted by Gasteiger charge is -2.56. The molecule has 0 aliphatic heterocycles. The zero-order valence-electron chi connectivity index (χ0n) is 13.9. The monoisotopic (exact) mass is 317 g/mol. The summed E-state index contributed by atoms with van der Waals surface area (Å²) in [6.45, 7) is 0.246. The highest BCUT2D eigenvalue weighted by molar-refractivity contribution is 5.76. The molecule has 0 aromatic carbocycles. The largest absolute Gasteiger partial charge is 0.383 e. The number of hydrogen-bond acceptors (Lipinski definition) is 3. The fourth-order valence-electron chi connectivity index (χ4n) is 5.91. The second-order valence-electron chi connectivity index (χ2n) is 8.31. The van der Waals surface area contributed by atoms with Crippen molar-refractivity contribution >= 4 is 5.91 Å². The Morgan fingerprint density at radius 2 is 1.96 bits per heavy atom. The number of aromatic nitrogens is 2. The molecule has 4 bridgehead atoms. The van der Waals surface area contributed by atoms with E-state index < -0.39 is 6.10 Å². The third-order valence-electron chi connectivity index (χ3n) is 6.35. The zero-order valence-corrected chi connectivity index (χ0v) is 13.9. The van der Waals surface area contributed by atoms with Crippen molar-refractivity contribution in [2.75, 3.05) is 6.54 Å². The number of aliphatic hydroxyl groups excluding tert-OH is 1. The third-order valence-corrected chi connectivity index (χ3v) is 6.35. The van der Waals surface area contributed by atoms with Gasteiger partial charge in [-0.3, -0.25) is 4.79 Å². The van der Waals surface area contributed by atoms with Crippen LogP contribution in [0.4, 0.5) is 0 Å². The Hall–Kier alpha value is -1.36. The number of rotatable bonds is 5. The van der Waals surface area contributed by atoms with E-state index in [1.165, 1.54) is 38.5 Å². The number of nitrogens with one attached hydrogen (secondary N) is 1. The topological polar surface area (TPSA) is 67.2 Å². The Morgan fingerprint density at radius 1 is 1.35 bits per heavy atom. The summed E-state index contributed by atoms with van der Waals surface area (Å²) in [5.41, 5.74) is 0.257. The van der Waals surface area contributed by atoms with E-state index in [4.69, 9.17) is 0 Å². The lowest BCUT2D eigenvalue weighted by Crippen LogP contribution is -2.48. The molecular formula is C18H27N3O2. The molecule has 4 fully saturated rings. The van der Waals surface area contributed by atoms with E-state index in [0.29, 0.717) is 12.2 Å². The van der Waals surface area contributed by atoms with Crippen LogP contribution >= 0.6 is 0 Å². The smallest absolute Gasteiger partial charge is 0.220 e. The number of carbonyl (C=O) groups excluding carboxylic acids is 1. The van der Waals surface area contributed by atoms with E-state index in [9.17, 15) is 9.90 Å². The van der Waals surface area contributed by atoms with Gasteiger partial charge in [-0.1, -0.05) is 0 Å². The molecule has 5 heteroatoms. The summed E-state index contributed by atoms with van der Waals surface area (Å²) in [6.07, 6.45) is 11.3. The highest BCUT2D eigenvalue weighted by Gasteiger charge is 2.51.